The van der Waals surface area contributed by atoms with E-state index in [1.807, 2.05) is 18.0 Å². The van der Waals surface area contributed by atoms with Crippen molar-refractivity contribution >= 4 is 28.6 Å². The maximum atomic E-state index is 10.5. The largest absolute Gasteiger partial charge is 0.391 e. The fraction of sp³-hybridized carbons (Fsp3) is 0.684. The number of H-pyrrole nitrogens is 1. The molecule has 2 aliphatic rings. The normalized spacial score (nSPS) is 25.3. The van der Waals surface area contributed by atoms with Gasteiger partial charge in [0.05, 0.1) is 11.6 Å². The van der Waals surface area contributed by atoms with Gasteiger partial charge < -0.3 is 15.8 Å². The number of nitrogens with one attached hydrogen (secondary N) is 1. The Morgan fingerprint density at radius 1 is 1.19 bits per heavy atom. The Balaban J connectivity index is 1.29. The third-order valence-electron chi connectivity index (χ3n) is 5.86. The molecule has 142 valence electrons. The SMILES string of the molecule is Nc1ncnc2c(CN3C[C@@H](CSCC4CCCCC4)[C@H](O)C3)c[nH]c12. The summed E-state index contributed by atoms with van der Waals surface area (Å²) in [4.78, 5) is 13.9. The Hall–Kier alpha value is -1.31. The zero-order valence-corrected chi connectivity index (χ0v) is 16.0. The zero-order valence-electron chi connectivity index (χ0n) is 15.2. The molecule has 6 nitrogen and oxygen atoms in total. The Bertz CT molecular complexity index is 730. The summed E-state index contributed by atoms with van der Waals surface area (Å²) >= 11 is 2.05. The van der Waals surface area contributed by atoms with Crippen LogP contribution in [0.5, 0.6) is 0 Å². The number of β-amino-alcohol motifs (C(OH)–C–C–N with tert-alkyl or cyclic N) is 1. The number of thioether (sulfide) groups is 1. The van der Waals surface area contributed by atoms with E-state index in [2.05, 4.69) is 19.9 Å². The molecule has 0 amide bonds. The van der Waals surface area contributed by atoms with Crippen LogP contribution in [0.1, 0.15) is 37.7 Å². The van der Waals surface area contributed by atoms with Gasteiger partial charge in [0, 0.05) is 37.3 Å². The topological polar surface area (TPSA) is 91.1 Å². The second-order valence-electron chi connectivity index (χ2n) is 7.86. The number of nitrogen functional groups attached to an aromatic ring is 1. The van der Waals surface area contributed by atoms with Gasteiger partial charge in [-0.25, -0.2) is 9.97 Å². The van der Waals surface area contributed by atoms with Gasteiger partial charge in [0.1, 0.15) is 11.8 Å². The molecule has 1 saturated heterocycles. The Kier molecular flexibility index (Phi) is 5.66. The number of aliphatic hydroxyl groups is 1. The summed E-state index contributed by atoms with van der Waals surface area (Å²) in [5.41, 5.74) is 8.72. The molecule has 4 rings (SSSR count). The van der Waals surface area contributed by atoms with Gasteiger partial charge in [0.15, 0.2) is 5.82 Å². The van der Waals surface area contributed by atoms with E-state index in [1.165, 1.54) is 44.2 Å². The monoisotopic (exact) mass is 375 g/mol. The summed E-state index contributed by atoms with van der Waals surface area (Å²) in [7, 11) is 0. The maximum absolute atomic E-state index is 10.5. The Morgan fingerprint density at radius 3 is 2.88 bits per heavy atom. The fourth-order valence-electron chi connectivity index (χ4n) is 4.35. The van der Waals surface area contributed by atoms with Crippen molar-refractivity contribution in [2.75, 3.05) is 30.3 Å². The van der Waals surface area contributed by atoms with E-state index < -0.39 is 0 Å². The molecule has 2 aromatic heterocycles. The predicted molar refractivity (Wildman–Crippen MR) is 107 cm³/mol. The molecule has 26 heavy (non-hydrogen) atoms. The number of fused-ring (bicyclic) bond motifs is 1. The molecule has 0 spiro atoms. The van der Waals surface area contributed by atoms with Crippen molar-refractivity contribution in [3.05, 3.63) is 18.1 Å². The number of anilines is 1. The molecular formula is C19H29N5OS. The minimum absolute atomic E-state index is 0.223. The summed E-state index contributed by atoms with van der Waals surface area (Å²) in [6, 6.07) is 0. The molecule has 0 unspecified atom stereocenters. The van der Waals surface area contributed by atoms with Gasteiger partial charge in [0.25, 0.3) is 0 Å². The number of aromatic nitrogens is 3. The van der Waals surface area contributed by atoms with Crippen LogP contribution in [0, 0.1) is 11.8 Å². The lowest BCUT2D eigenvalue weighted by molar-refractivity contribution is 0.149. The quantitative estimate of drug-likeness (QED) is 0.719. The molecule has 4 N–H and O–H groups in total. The van der Waals surface area contributed by atoms with Crippen molar-refractivity contribution in [1.29, 1.82) is 0 Å². The number of nitrogens with zero attached hydrogens (tertiary/aromatic N) is 3. The van der Waals surface area contributed by atoms with Gasteiger partial charge >= 0.3 is 0 Å². The van der Waals surface area contributed by atoms with Crippen molar-refractivity contribution in [3.8, 4) is 0 Å². The van der Waals surface area contributed by atoms with E-state index in [0.29, 0.717) is 11.7 Å². The lowest BCUT2D eigenvalue weighted by atomic mass is 9.91. The summed E-state index contributed by atoms with van der Waals surface area (Å²) < 4.78 is 0. The van der Waals surface area contributed by atoms with E-state index >= 15 is 0 Å². The maximum Gasteiger partial charge on any atom is 0.151 e. The van der Waals surface area contributed by atoms with Gasteiger partial charge in [-0.15, -0.1) is 0 Å². The number of nitrogens with two attached hydrogens (primary N) is 1. The van der Waals surface area contributed by atoms with Crippen molar-refractivity contribution in [3.63, 3.8) is 0 Å². The zero-order chi connectivity index (χ0) is 17.9. The highest BCUT2D eigenvalue weighted by Crippen LogP contribution is 2.30. The van der Waals surface area contributed by atoms with Crippen LogP contribution in [0.25, 0.3) is 11.0 Å². The lowest BCUT2D eigenvalue weighted by Gasteiger charge is -2.22. The van der Waals surface area contributed by atoms with Crippen LogP contribution >= 0.6 is 11.8 Å². The van der Waals surface area contributed by atoms with E-state index in [-0.39, 0.29) is 6.10 Å². The van der Waals surface area contributed by atoms with Gasteiger partial charge in [-0.05, 0) is 30.3 Å². The van der Waals surface area contributed by atoms with E-state index in [1.54, 1.807) is 0 Å². The van der Waals surface area contributed by atoms with Crippen molar-refractivity contribution in [2.24, 2.45) is 11.8 Å². The van der Waals surface area contributed by atoms with Gasteiger partial charge in [-0.1, -0.05) is 19.3 Å². The number of aliphatic hydroxyl groups excluding tert-OH is 1. The number of hydrogen-bond donors (Lipinski definition) is 3. The van der Waals surface area contributed by atoms with Crippen LogP contribution in [-0.2, 0) is 6.54 Å². The molecule has 2 atom stereocenters. The van der Waals surface area contributed by atoms with Crippen molar-refractivity contribution in [1.82, 2.24) is 19.9 Å². The minimum atomic E-state index is -0.223. The fourth-order valence-corrected chi connectivity index (χ4v) is 5.78. The van der Waals surface area contributed by atoms with Crippen LogP contribution in [0.2, 0.25) is 0 Å². The first-order chi connectivity index (χ1) is 12.7. The third-order valence-corrected chi connectivity index (χ3v) is 7.23. The third kappa shape index (κ3) is 4.00. The Morgan fingerprint density at radius 2 is 2.04 bits per heavy atom. The number of hydrogen-bond acceptors (Lipinski definition) is 6. The van der Waals surface area contributed by atoms with Gasteiger partial charge in [-0.3, -0.25) is 4.90 Å². The van der Waals surface area contributed by atoms with Crippen LogP contribution in [0.15, 0.2) is 12.5 Å². The van der Waals surface area contributed by atoms with Crippen molar-refractivity contribution in [2.45, 2.75) is 44.8 Å². The minimum Gasteiger partial charge on any atom is -0.391 e. The average molecular weight is 376 g/mol. The van der Waals surface area contributed by atoms with Crippen LogP contribution in [0.4, 0.5) is 5.82 Å². The predicted octanol–water partition coefficient (Wildman–Crippen LogP) is 2.65. The second-order valence-corrected chi connectivity index (χ2v) is 8.93. The van der Waals surface area contributed by atoms with E-state index in [0.717, 1.165) is 47.9 Å². The first-order valence-electron chi connectivity index (χ1n) is 9.75. The molecule has 3 heterocycles. The molecular weight excluding hydrogens is 346 g/mol. The number of rotatable bonds is 6. The highest BCUT2D eigenvalue weighted by molar-refractivity contribution is 7.99. The van der Waals surface area contributed by atoms with Crippen LogP contribution < -0.4 is 5.73 Å². The molecule has 1 aliphatic carbocycles. The summed E-state index contributed by atoms with van der Waals surface area (Å²) in [5, 5.41) is 10.5. The standard InChI is InChI=1S/C19H29N5OS/c20-19-18-17(22-12-23-19)14(6-21-18)7-24-8-15(16(25)9-24)11-26-10-13-4-2-1-3-5-13/h6,12-13,15-16,21,25H,1-5,7-11H2,(H2,20,22,23)/t15-,16+/m0/s1. The van der Waals surface area contributed by atoms with Gasteiger partial charge in [-0.2, -0.15) is 11.8 Å². The highest BCUT2D eigenvalue weighted by atomic mass is 32.2. The molecule has 0 radical (unpaired) electrons. The molecule has 7 heteroatoms. The molecule has 2 aromatic rings. The second kappa shape index (κ2) is 8.15. The van der Waals surface area contributed by atoms with Crippen LogP contribution in [-0.4, -0.2) is 55.7 Å². The molecule has 2 fully saturated rings. The van der Waals surface area contributed by atoms with E-state index in [9.17, 15) is 5.11 Å². The first-order valence-corrected chi connectivity index (χ1v) is 10.9. The number of likely N-dealkylation sites (tertiary alicyclic amines) is 1. The summed E-state index contributed by atoms with van der Waals surface area (Å²) in [6.45, 7) is 2.48. The smallest absolute Gasteiger partial charge is 0.151 e. The van der Waals surface area contributed by atoms with Gasteiger partial charge in [0.2, 0.25) is 0 Å². The molecule has 1 saturated carbocycles. The average Bonchev–Trinajstić information content (AvgIpc) is 3.21. The van der Waals surface area contributed by atoms with Crippen molar-refractivity contribution < 1.29 is 5.11 Å². The van der Waals surface area contributed by atoms with E-state index in [4.69, 9.17) is 5.73 Å². The van der Waals surface area contributed by atoms with Crippen LogP contribution in [0.3, 0.4) is 0 Å². The molecule has 0 aromatic carbocycles. The first kappa shape index (κ1) is 18.1. The lowest BCUT2D eigenvalue weighted by Crippen LogP contribution is -2.21. The summed E-state index contributed by atoms with van der Waals surface area (Å²) in [5.74, 6) is 4.09. The highest BCUT2D eigenvalue weighted by Gasteiger charge is 2.31. The summed E-state index contributed by atoms with van der Waals surface area (Å²) in [6.07, 6.45) is 10.3. The number of aromatic amines is 1. The Labute approximate surface area is 159 Å². The molecule has 0 bridgehead atoms. The molecule has 1 aliphatic heterocycles.